The number of benzene rings is 2. The molecule has 1 fully saturated rings. The van der Waals surface area contributed by atoms with Gasteiger partial charge in [0.05, 0.1) is 0 Å². The summed E-state index contributed by atoms with van der Waals surface area (Å²) in [6.07, 6.45) is 1.10. The molecule has 0 spiro atoms. The first kappa shape index (κ1) is 28.8. The molecular weight excluding hydrogens is 510 g/mol. The van der Waals surface area contributed by atoms with Gasteiger partial charge in [0.25, 0.3) is 0 Å². The first-order valence-corrected chi connectivity index (χ1v) is 13.0. The summed E-state index contributed by atoms with van der Waals surface area (Å²) in [5.41, 5.74) is 1.23. The Kier molecular flexibility index (Phi) is 10.0. The van der Waals surface area contributed by atoms with Crippen LogP contribution in [0, 0.1) is 5.92 Å². The fraction of sp³-hybridized carbons (Fsp3) is 0.407. The number of nitrogens with one attached hydrogen (secondary N) is 2. The number of rotatable bonds is 11. The minimum Gasteiger partial charge on any atom is -0.508 e. The molecule has 1 heterocycles. The molecule has 0 bridgehead atoms. The largest absolute Gasteiger partial charge is 0.508 e. The second-order valence-electron chi connectivity index (χ2n) is 9.48. The van der Waals surface area contributed by atoms with Crippen LogP contribution in [0.1, 0.15) is 30.9 Å². The van der Waals surface area contributed by atoms with E-state index in [1.54, 1.807) is 31.2 Å². The summed E-state index contributed by atoms with van der Waals surface area (Å²) in [5.74, 6) is -2.58. The molecule has 0 saturated carbocycles. The van der Waals surface area contributed by atoms with Crippen molar-refractivity contribution in [1.82, 2.24) is 15.5 Å². The second-order valence-corrected chi connectivity index (χ2v) is 9.84. The number of amides is 3. The zero-order valence-corrected chi connectivity index (χ0v) is 21.9. The Bertz CT molecular complexity index is 1140. The molecule has 38 heavy (non-hydrogen) atoms. The van der Waals surface area contributed by atoms with Gasteiger partial charge < -0.3 is 30.9 Å². The molecule has 1 unspecified atom stereocenters. The first-order chi connectivity index (χ1) is 18.1. The molecule has 0 aliphatic carbocycles. The molecule has 4 atom stereocenters. The van der Waals surface area contributed by atoms with Gasteiger partial charge in [0.15, 0.2) is 0 Å². The molecule has 1 aliphatic heterocycles. The average molecular weight is 544 g/mol. The van der Waals surface area contributed by atoms with Gasteiger partial charge >= 0.3 is 5.97 Å². The van der Waals surface area contributed by atoms with Crippen molar-refractivity contribution in [3.05, 3.63) is 59.7 Å². The van der Waals surface area contributed by atoms with Gasteiger partial charge in [0, 0.05) is 31.1 Å². The fourth-order valence-electron chi connectivity index (χ4n) is 4.35. The van der Waals surface area contributed by atoms with Gasteiger partial charge in [-0.3, -0.25) is 14.4 Å². The number of nitrogens with zero attached hydrogens (tertiary/aromatic N) is 1. The number of hydrogen-bond donors (Lipinski definition) is 6. The molecule has 2 aromatic rings. The van der Waals surface area contributed by atoms with Crippen LogP contribution in [0.25, 0.3) is 0 Å². The highest BCUT2D eigenvalue weighted by Gasteiger charge is 2.37. The summed E-state index contributed by atoms with van der Waals surface area (Å²) in [5, 5.41) is 34.1. The number of phenols is 2. The summed E-state index contributed by atoms with van der Waals surface area (Å²) < 4.78 is 0. The third kappa shape index (κ3) is 7.64. The molecule has 5 N–H and O–H groups in total. The van der Waals surface area contributed by atoms with Crippen molar-refractivity contribution in [2.75, 3.05) is 12.3 Å². The van der Waals surface area contributed by atoms with Crippen LogP contribution in [0.5, 0.6) is 11.5 Å². The number of carbonyl (C=O) groups is 4. The maximum absolute atomic E-state index is 13.3. The molecule has 2 aromatic carbocycles. The number of phenolic OH excluding ortho intramolecular Hbond substituents is 2. The van der Waals surface area contributed by atoms with Crippen LogP contribution in [0.3, 0.4) is 0 Å². The van der Waals surface area contributed by atoms with Crippen molar-refractivity contribution >= 4 is 36.3 Å². The minimum atomic E-state index is -1.29. The molecular formula is C27H33N3O7S. The monoisotopic (exact) mass is 543 g/mol. The normalized spacial score (nSPS) is 17.3. The van der Waals surface area contributed by atoms with Gasteiger partial charge in [-0.05, 0) is 48.2 Å². The molecule has 3 amide bonds. The number of thiol groups is 1. The molecule has 204 valence electrons. The van der Waals surface area contributed by atoms with E-state index < -0.39 is 35.9 Å². The van der Waals surface area contributed by atoms with E-state index in [0.717, 1.165) is 0 Å². The van der Waals surface area contributed by atoms with Crippen molar-refractivity contribution in [2.45, 2.75) is 50.7 Å². The lowest BCUT2D eigenvalue weighted by atomic mass is 10.0. The predicted molar refractivity (Wildman–Crippen MR) is 143 cm³/mol. The molecule has 3 rings (SSSR count). The molecule has 0 aromatic heterocycles. The van der Waals surface area contributed by atoms with E-state index in [4.69, 9.17) is 0 Å². The number of likely N-dealkylation sites (tertiary alicyclic amines) is 1. The maximum Gasteiger partial charge on any atom is 0.326 e. The van der Waals surface area contributed by atoms with Gasteiger partial charge in [0.2, 0.25) is 17.7 Å². The van der Waals surface area contributed by atoms with Crippen LogP contribution < -0.4 is 10.6 Å². The summed E-state index contributed by atoms with van der Waals surface area (Å²) in [6, 6.07) is 8.92. The van der Waals surface area contributed by atoms with Crippen molar-refractivity contribution < 1.29 is 34.5 Å². The third-order valence-electron chi connectivity index (χ3n) is 6.53. The standard InChI is InChI=1S/C27H33N3O7S/c1-16(15-38)26(35)30-12-2-3-23(30)25(34)28-21(13-17-4-8-19(31)9-5-17)24(33)29-22(27(36)37)14-18-6-10-20(32)11-7-18/h4-11,16,21-23,31-32,38H,2-3,12-15H2,1H3,(H,28,34)(H,29,33)(H,36,37)/t16?,21-,22-,23+/m0/s1. The van der Waals surface area contributed by atoms with Crippen LogP contribution in [0.15, 0.2) is 48.5 Å². The topological polar surface area (TPSA) is 156 Å². The summed E-state index contributed by atoms with van der Waals surface area (Å²) in [7, 11) is 0. The Labute approximate surface area is 226 Å². The highest BCUT2D eigenvalue weighted by Crippen LogP contribution is 2.21. The molecule has 10 nitrogen and oxygen atoms in total. The van der Waals surface area contributed by atoms with E-state index >= 15 is 0 Å². The van der Waals surface area contributed by atoms with Gasteiger partial charge in [-0.15, -0.1) is 0 Å². The molecule has 11 heteroatoms. The average Bonchev–Trinajstić information content (AvgIpc) is 3.39. The lowest BCUT2D eigenvalue weighted by Crippen LogP contribution is -2.56. The van der Waals surface area contributed by atoms with Crippen molar-refractivity contribution in [2.24, 2.45) is 5.92 Å². The van der Waals surface area contributed by atoms with Crippen LogP contribution in [-0.4, -0.2) is 74.3 Å². The zero-order valence-electron chi connectivity index (χ0n) is 21.0. The maximum atomic E-state index is 13.3. The smallest absolute Gasteiger partial charge is 0.326 e. The Morgan fingerprint density at radius 3 is 1.95 bits per heavy atom. The highest BCUT2D eigenvalue weighted by atomic mass is 32.1. The van der Waals surface area contributed by atoms with E-state index in [9.17, 15) is 34.5 Å². The van der Waals surface area contributed by atoms with E-state index in [0.29, 0.717) is 36.3 Å². The van der Waals surface area contributed by atoms with Crippen LogP contribution >= 0.6 is 12.6 Å². The van der Waals surface area contributed by atoms with Gasteiger partial charge in [-0.2, -0.15) is 12.6 Å². The number of carboxylic acid groups (broad SMARTS) is 1. The first-order valence-electron chi connectivity index (χ1n) is 12.4. The molecule has 1 aliphatic rings. The van der Waals surface area contributed by atoms with Crippen molar-refractivity contribution in [3.8, 4) is 11.5 Å². The quantitative estimate of drug-likeness (QED) is 0.235. The SMILES string of the molecule is CC(CS)C(=O)N1CCC[C@@H]1C(=O)N[C@@H](Cc1ccc(O)cc1)C(=O)N[C@@H](Cc1ccc(O)cc1)C(=O)O. The van der Waals surface area contributed by atoms with Gasteiger partial charge in [-0.25, -0.2) is 4.79 Å². The number of aliphatic carboxylic acids is 1. The number of hydrogen-bond acceptors (Lipinski definition) is 7. The third-order valence-corrected chi connectivity index (χ3v) is 7.08. The highest BCUT2D eigenvalue weighted by molar-refractivity contribution is 7.80. The van der Waals surface area contributed by atoms with Crippen LogP contribution in [-0.2, 0) is 32.0 Å². The molecule has 1 saturated heterocycles. The fourth-order valence-corrected chi connectivity index (χ4v) is 4.51. The lowest BCUT2D eigenvalue weighted by Gasteiger charge is -2.28. The molecule has 0 radical (unpaired) electrons. The Morgan fingerprint density at radius 2 is 1.45 bits per heavy atom. The number of carbonyl (C=O) groups excluding carboxylic acids is 3. The second kappa shape index (κ2) is 13.2. The van der Waals surface area contributed by atoms with E-state index in [-0.39, 0.29) is 36.2 Å². The summed E-state index contributed by atoms with van der Waals surface area (Å²) in [6.45, 7) is 2.17. The van der Waals surface area contributed by atoms with E-state index in [1.807, 2.05) is 0 Å². The van der Waals surface area contributed by atoms with Crippen LogP contribution in [0.4, 0.5) is 0 Å². The lowest BCUT2D eigenvalue weighted by molar-refractivity contribution is -0.143. The van der Waals surface area contributed by atoms with Crippen LogP contribution in [0.2, 0.25) is 0 Å². The minimum absolute atomic E-state index is 0.0320. The van der Waals surface area contributed by atoms with Gasteiger partial charge in [-0.1, -0.05) is 31.2 Å². The van der Waals surface area contributed by atoms with E-state index in [1.165, 1.54) is 29.2 Å². The van der Waals surface area contributed by atoms with Crippen molar-refractivity contribution in [3.63, 3.8) is 0 Å². The number of aromatic hydroxyl groups is 2. The number of carboxylic acids is 1. The summed E-state index contributed by atoms with van der Waals surface area (Å²) in [4.78, 5) is 52.8. The van der Waals surface area contributed by atoms with E-state index in [2.05, 4.69) is 23.3 Å². The van der Waals surface area contributed by atoms with Gasteiger partial charge in [0.1, 0.15) is 29.6 Å². The Hall–Kier alpha value is -3.73. The Morgan fingerprint density at radius 1 is 0.921 bits per heavy atom. The summed E-state index contributed by atoms with van der Waals surface area (Å²) >= 11 is 4.18. The predicted octanol–water partition coefficient (Wildman–Crippen LogP) is 1.49. The Balaban J connectivity index is 1.79. The van der Waals surface area contributed by atoms with Crippen molar-refractivity contribution in [1.29, 1.82) is 0 Å². The zero-order chi connectivity index (χ0) is 27.8.